The Morgan fingerprint density at radius 1 is 1.21 bits per heavy atom. The zero-order valence-corrected chi connectivity index (χ0v) is 13.7. The highest BCUT2D eigenvalue weighted by Crippen LogP contribution is 2.17. The Morgan fingerprint density at radius 2 is 2.08 bits per heavy atom. The summed E-state index contributed by atoms with van der Waals surface area (Å²) >= 11 is 1.46. The first-order valence-electron chi connectivity index (χ1n) is 7.55. The maximum atomic E-state index is 11.9. The van der Waals surface area contributed by atoms with Crippen molar-refractivity contribution in [1.82, 2.24) is 20.4 Å². The molecule has 3 aromatic rings. The topological polar surface area (TPSA) is 79.2 Å². The van der Waals surface area contributed by atoms with Crippen molar-refractivity contribution in [1.29, 1.82) is 0 Å². The molecule has 7 heteroatoms. The lowest BCUT2D eigenvalue weighted by atomic mass is 10.2. The molecule has 0 saturated heterocycles. The van der Waals surface area contributed by atoms with Crippen molar-refractivity contribution < 1.29 is 9.90 Å². The van der Waals surface area contributed by atoms with E-state index in [0.29, 0.717) is 6.54 Å². The van der Waals surface area contributed by atoms with Gasteiger partial charge in [-0.15, -0.1) is 11.3 Å². The fraction of sp³-hybridized carbons (Fsp3) is 0.176. The third-order valence-electron chi connectivity index (χ3n) is 3.51. The molecule has 1 aromatic carbocycles. The molecule has 0 radical (unpaired) electrons. The minimum atomic E-state index is -0.688. The Bertz CT molecular complexity index is 772. The summed E-state index contributed by atoms with van der Waals surface area (Å²) < 4.78 is 1.76. The van der Waals surface area contributed by atoms with Crippen LogP contribution in [0.25, 0.3) is 5.69 Å². The van der Waals surface area contributed by atoms with E-state index in [9.17, 15) is 9.90 Å². The van der Waals surface area contributed by atoms with Gasteiger partial charge in [-0.3, -0.25) is 0 Å². The summed E-state index contributed by atoms with van der Waals surface area (Å²) in [5, 5.41) is 21.6. The predicted octanol–water partition coefficient (Wildman–Crippen LogP) is 2.47. The minimum absolute atomic E-state index is 0.174. The number of nitrogens with zero attached hydrogens (tertiary/aromatic N) is 2. The lowest BCUT2D eigenvalue weighted by Gasteiger charge is -2.13. The molecule has 0 spiro atoms. The quantitative estimate of drug-likeness (QED) is 0.644. The Hall–Kier alpha value is -2.64. The van der Waals surface area contributed by atoms with Crippen LogP contribution in [0.15, 0.2) is 60.2 Å². The van der Waals surface area contributed by atoms with E-state index < -0.39 is 6.10 Å². The Morgan fingerprint density at radius 3 is 2.83 bits per heavy atom. The summed E-state index contributed by atoms with van der Waals surface area (Å²) in [7, 11) is 0. The molecule has 0 fully saturated rings. The summed E-state index contributed by atoms with van der Waals surface area (Å²) in [6, 6.07) is 13.0. The number of amides is 2. The molecule has 2 heterocycles. The van der Waals surface area contributed by atoms with E-state index in [1.54, 1.807) is 10.9 Å². The second kappa shape index (κ2) is 7.76. The number of benzene rings is 1. The second-order valence-corrected chi connectivity index (χ2v) is 6.15. The minimum Gasteiger partial charge on any atom is -0.386 e. The maximum Gasteiger partial charge on any atom is 0.315 e. The molecule has 0 aliphatic carbocycles. The zero-order chi connectivity index (χ0) is 16.8. The van der Waals surface area contributed by atoms with Gasteiger partial charge in [-0.05, 0) is 29.1 Å². The molecular weight excluding hydrogens is 324 g/mol. The zero-order valence-electron chi connectivity index (χ0n) is 12.9. The van der Waals surface area contributed by atoms with Gasteiger partial charge < -0.3 is 15.7 Å². The number of carbonyl (C=O) groups is 1. The standard InChI is InChI=1S/C17H18N4O2S/c22-15(16-7-3-10-24-16)12-19-17(23)18-11-13-5-1-2-6-14(13)21-9-4-8-20-21/h1-10,15,22H,11-12H2,(H2,18,19,23)/t15-/m0/s1. The van der Waals surface area contributed by atoms with Gasteiger partial charge in [0.2, 0.25) is 0 Å². The highest BCUT2D eigenvalue weighted by atomic mass is 32.1. The summed E-state index contributed by atoms with van der Waals surface area (Å²) in [5.41, 5.74) is 1.87. The number of carbonyl (C=O) groups excluding carboxylic acids is 1. The van der Waals surface area contributed by atoms with E-state index >= 15 is 0 Å². The van der Waals surface area contributed by atoms with Crippen LogP contribution >= 0.6 is 11.3 Å². The number of aliphatic hydroxyl groups is 1. The van der Waals surface area contributed by atoms with E-state index in [1.807, 2.05) is 54.0 Å². The average Bonchev–Trinajstić information content (AvgIpc) is 3.31. The highest BCUT2D eigenvalue weighted by molar-refractivity contribution is 7.10. The van der Waals surface area contributed by atoms with Gasteiger partial charge in [-0.25, -0.2) is 9.48 Å². The van der Waals surface area contributed by atoms with Crippen molar-refractivity contribution >= 4 is 17.4 Å². The first kappa shape index (κ1) is 16.2. The summed E-state index contributed by atoms with van der Waals surface area (Å²) in [6.07, 6.45) is 2.88. The van der Waals surface area contributed by atoms with Crippen molar-refractivity contribution in [2.45, 2.75) is 12.6 Å². The van der Waals surface area contributed by atoms with E-state index in [2.05, 4.69) is 15.7 Å². The molecule has 2 amide bonds. The van der Waals surface area contributed by atoms with Crippen molar-refractivity contribution in [2.75, 3.05) is 6.54 Å². The molecular formula is C17H18N4O2S. The average molecular weight is 342 g/mol. The largest absolute Gasteiger partial charge is 0.386 e. The molecule has 0 aliphatic heterocycles. The van der Waals surface area contributed by atoms with Gasteiger partial charge in [0.1, 0.15) is 6.10 Å². The molecule has 6 nitrogen and oxygen atoms in total. The number of aromatic nitrogens is 2. The lowest BCUT2D eigenvalue weighted by Crippen LogP contribution is -2.37. The molecule has 3 N–H and O–H groups in total. The van der Waals surface area contributed by atoms with Crippen LogP contribution in [0.1, 0.15) is 16.5 Å². The van der Waals surface area contributed by atoms with Gasteiger partial charge >= 0.3 is 6.03 Å². The maximum absolute atomic E-state index is 11.9. The van der Waals surface area contributed by atoms with Crippen LogP contribution in [0.2, 0.25) is 0 Å². The lowest BCUT2D eigenvalue weighted by molar-refractivity contribution is 0.176. The summed E-state index contributed by atoms with van der Waals surface area (Å²) in [5.74, 6) is 0. The van der Waals surface area contributed by atoms with Crippen LogP contribution in [-0.2, 0) is 6.54 Å². The van der Waals surface area contributed by atoms with Gasteiger partial charge in [-0.1, -0.05) is 24.3 Å². The molecule has 24 heavy (non-hydrogen) atoms. The second-order valence-electron chi connectivity index (χ2n) is 5.17. The van der Waals surface area contributed by atoms with Crippen LogP contribution in [0, 0.1) is 0 Å². The van der Waals surface area contributed by atoms with Crippen LogP contribution in [0.3, 0.4) is 0 Å². The van der Waals surface area contributed by atoms with Gasteiger partial charge in [0, 0.05) is 23.8 Å². The molecule has 0 bridgehead atoms. The third-order valence-corrected chi connectivity index (χ3v) is 4.48. The van der Waals surface area contributed by atoms with Crippen LogP contribution in [0.4, 0.5) is 4.79 Å². The number of urea groups is 1. The normalized spacial score (nSPS) is 11.9. The highest BCUT2D eigenvalue weighted by Gasteiger charge is 2.11. The van der Waals surface area contributed by atoms with Gasteiger partial charge in [-0.2, -0.15) is 5.10 Å². The Labute approximate surface area is 143 Å². The Balaban J connectivity index is 1.53. The SMILES string of the molecule is O=C(NCc1ccccc1-n1cccn1)NC[C@H](O)c1cccs1. The molecule has 0 unspecified atom stereocenters. The van der Waals surface area contributed by atoms with E-state index in [1.165, 1.54) is 11.3 Å². The third kappa shape index (κ3) is 4.01. The van der Waals surface area contributed by atoms with Crippen molar-refractivity contribution in [2.24, 2.45) is 0 Å². The number of nitrogens with one attached hydrogen (secondary N) is 2. The molecule has 0 aliphatic rings. The first-order chi connectivity index (χ1) is 11.7. The van der Waals surface area contributed by atoms with Crippen LogP contribution in [0.5, 0.6) is 0 Å². The molecule has 124 valence electrons. The number of hydrogen-bond donors (Lipinski definition) is 3. The first-order valence-corrected chi connectivity index (χ1v) is 8.43. The number of aliphatic hydroxyl groups excluding tert-OH is 1. The Kier molecular flexibility index (Phi) is 5.25. The number of hydrogen-bond acceptors (Lipinski definition) is 4. The predicted molar refractivity (Wildman–Crippen MR) is 93.1 cm³/mol. The molecule has 1 atom stereocenters. The van der Waals surface area contributed by atoms with E-state index in [4.69, 9.17) is 0 Å². The van der Waals surface area contributed by atoms with Gasteiger partial charge in [0.15, 0.2) is 0 Å². The number of rotatable bonds is 6. The van der Waals surface area contributed by atoms with E-state index in [-0.39, 0.29) is 12.6 Å². The fourth-order valence-corrected chi connectivity index (χ4v) is 3.02. The monoisotopic (exact) mass is 342 g/mol. The van der Waals surface area contributed by atoms with Crippen LogP contribution < -0.4 is 10.6 Å². The smallest absolute Gasteiger partial charge is 0.315 e. The summed E-state index contributed by atoms with van der Waals surface area (Å²) in [4.78, 5) is 12.8. The fourth-order valence-electron chi connectivity index (χ4n) is 2.30. The van der Waals surface area contributed by atoms with Crippen molar-refractivity contribution in [3.8, 4) is 5.69 Å². The number of thiophene rings is 1. The molecule has 2 aromatic heterocycles. The van der Waals surface area contributed by atoms with Gasteiger partial charge in [0.05, 0.1) is 12.2 Å². The van der Waals surface area contributed by atoms with E-state index in [0.717, 1.165) is 16.1 Å². The van der Waals surface area contributed by atoms with Crippen molar-refractivity contribution in [3.05, 3.63) is 70.7 Å². The summed E-state index contributed by atoms with van der Waals surface area (Å²) in [6.45, 7) is 0.546. The number of para-hydroxylation sites is 1. The van der Waals surface area contributed by atoms with Crippen molar-refractivity contribution in [3.63, 3.8) is 0 Å². The van der Waals surface area contributed by atoms with Gasteiger partial charge in [0.25, 0.3) is 0 Å². The molecule has 0 saturated carbocycles. The van der Waals surface area contributed by atoms with Crippen LogP contribution in [-0.4, -0.2) is 27.5 Å². The molecule has 3 rings (SSSR count).